The third kappa shape index (κ3) is 4.12. The van der Waals surface area contributed by atoms with Crippen molar-refractivity contribution in [2.75, 3.05) is 0 Å². The Hall–Kier alpha value is -0.873. The third-order valence-electron chi connectivity index (χ3n) is 7.44. The van der Waals surface area contributed by atoms with E-state index in [0.29, 0.717) is 12.3 Å². The van der Waals surface area contributed by atoms with Gasteiger partial charge in [0.15, 0.2) is 8.32 Å². The van der Waals surface area contributed by atoms with Gasteiger partial charge in [0.2, 0.25) is 0 Å². The van der Waals surface area contributed by atoms with Crippen LogP contribution in [0.3, 0.4) is 0 Å². The highest BCUT2D eigenvalue weighted by Gasteiger charge is 2.61. The maximum Gasteiger partial charge on any atom is 0.309 e. The van der Waals surface area contributed by atoms with Gasteiger partial charge in [-0.1, -0.05) is 53.7 Å². The highest BCUT2D eigenvalue weighted by atomic mass is 28.4. The Morgan fingerprint density at radius 2 is 1.85 bits per heavy atom. The first-order chi connectivity index (χ1) is 12.7. The summed E-state index contributed by atoms with van der Waals surface area (Å²) in [6.45, 7) is 21.5. The van der Waals surface area contributed by atoms with Crippen LogP contribution >= 0.6 is 0 Å². The van der Waals surface area contributed by atoms with Crippen LogP contribution in [0.25, 0.3) is 0 Å². The number of ether oxygens (including phenoxy) is 1. The van der Waals surface area contributed by atoms with Crippen molar-refractivity contribution in [2.24, 2.45) is 29.1 Å². The Bertz CT molecular complexity index is 544. The van der Waals surface area contributed by atoms with Gasteiger partial charge in [0.25, 0.3) is 0 Å². The molecule has 0 spiro atoms. The minimum Gasteiger partial charge on any atom is -0.461 e. The van der Waals surface area contributed by atoms with Crippen molar-refractivity contribution in [1.82, 2.24) is 0 Å². The van der Waals surface area contributed by atoms with Crippen LogP contribution in [0.4, 0.5) is 0 Å². The maximum absolute atomic E-state index is 12.6. The largest absolute Gasteiger partial charge is 0.461 e. The average molecular weight is 393 g/mol. The van der Waals surface area contributed by atoms with E-state index >= 15 is 0 Å². The third-order valence-corrected chi connectivity index (χ3v) is 12.1. The summed E-state index contributed by atoms with van der Waals surface area (Å²) in [6, 6.07) is 3.41. The molecule has 2 aliphatic rings. The first-order valence-electron chi connectivity index (χ1n) is 10.8. The van der Waals surface area contributed by atoms with Crippen LogP contribution in [0, 0.1) is 29.1 Å². The van der Waals surface area contributed by atoms with Crippen molar-refractivity contribution in [3.63, 3.8) is 0 Å². The van der Waals surface area contributed by atoms with Gasteiger partial charge < -0.3 is 9.16 Å². The number of carbonyl (C=O) groups is 1. The predicted octanol–water partition coefficient (Wildman–Crippen LogP) is 5.98. The van der Waals surface area contributed by atoms with Gasteiger partial charge in [0.05, 0.1) is 12.0 Å². The fourth-order valence-corrected chi connectivity index (χ4v) is 8.46. The van der Waals surface area contributed by atoms with E-state index in [1.165, 1.54) is 0 Å². The second kappa shape index (κ2) is 8.65. The van der Waals surface area contributed by atoms with E-state index in [-0.39, 0.29) is 41.3 Å². The molecule has 1 unspecified atom stereocenters. The molecule has 0 amide bonds. The molecule has 1 saturated heterocycles. The van der Waals surface area contributed by atoms with E-state index in [1.54, 1.807) is 0 Å². The van der Waals surface area contributed by atoms with Crippen LogP contribution in [0.5, 0.6) is 0 Å². The minimum atomic E-state index is -1.77. The number of hydrogen-bond acceptors (Lipinski definition) is 3. The summed E-state index contributed by atoms with van der Waals surface area (Å²) >= 11 is 0. The van der Waals surface area contributed by atoms with Gasteiger partial charge in [-0.25, -0.2) is 0 Å². The molecule has 6 atom stereocenters. The van der Waals surface area contributed by atoms with Gasteiger partial charge in [-0.15, -0.1) is 13.2 Å². The first-order valence-corrected chi connectivity index (χ1v) is 13.3. The molecule has 0 aromatic carbocycles. The Kier molecular flexibility index (Phi) is 7.18. The molecule has 2 fully saturated rings. The SMILES string of the molecule is C=CCC1C(=O)O[C@H]2[C@@H]1[C@@H]([C@@H](O[Si](CC)(CC)CC)[C@H](C)C=C)CC2(C)C. The van der Waals surface area contributed by atoms with E-state index in [1.807, 2.05) is 12.2 Å². The molecule has 0 radical (unpaired) electrons. The van der Waals surface area contributed by atoms with Crippen molar-refractivity contribution < 1.29 is 14.0 Å². The summed E-state index contributed by atoms with van der Waals surface area (Å²) < 4.78 is 13.0. The normalized spacial score (nSPS) is 31.9. The van der Waals surface area contributed by atoms with Crippen LogP contribution in [0.2, 0.25) is 18.1 Å². The van der Waals surface area contributed by atoms with Crippen molar-refractivity contribution in [3.8, 4) is 0 Å². The molecule has 154 valence electrons. The smallest absolute Gasteiger partial charge is 0.309 e. The molecule has 0 aromatic heterocycles. The number of hydrogen-bond donors (Lipinski definition) is 0. The maximum atomic E-state index is 12.6. The Morgan fingerprint density at radius 3 is 2.33 bits per heavy atom. The first kappa shape index (κ1) is 22.4. The number of fused-ring (bicyclic) bond motifs is 1. The number of carbonyl (C=O) groups excluding carboxylic acids is 1. The topological polar surface area (TPSA) is 35.5 Å². The lowest BCUT2D eigenvalue weighted by Crippen LogP contribution is -2.46. The lowest BCUT2D eigenvalue weighted by Gasteiger charge is -2.40. The summed E-state index contributed by atoms with van der Waals surface area (Å²) in [6.07, 6.45) is 5.74. The van der Waals surface area contributed by atoms with E-state index in [2.05, 4.69) is 54.7 Å². The molecule has 0 bridgehead atoms. The molecule has 1 aliphatic carbocycles. The molecule has 0 N–H and O–H groups in total. The van der Waals surface area contributed by atoms with E-state index in [4.69, 9.17) is 9.16 Å². The van der Waals surface area contributed by atoms with Crippen LogP contribution in [-0.4, -0.2) is 26.5 Å². The van der Waals surface area contributed by atoms with Crippen molar-refractivity contribution >= 4 is 14.3 Å². The lowest BCUT2D eigenvalue weighted by molar-refractivity contribution is -0.147. The zero-order valence-electron chi connectivity index (χ0n) is 18.3. The molecular weight excluding hydrogens is 352 g/mol. The van der Waals surface area contributed by atoms with Gasteiger partial charge >= 0.3 is 5.97 Å². The monoisotopic (exact) mass is 392 g/mol. The summed E-state index contributed by atoms with van der Waals surface area (Å²) in [5, 5.41) is 0. The Morgan fingerprint density at radius 1 is 1.26 bits per heavy atom. The van der Waals surface area contributed by atoms with E-state index < -0.39 is 8.32 Å². The summed E-state index contributed by atoms with van der Waals surface area (Å²) in [4.78, 5) is 12.6. The number of esters is 1. The predicted molar refractivity (Wildman–Crippen MR) is 115 cm³/mol. The van der Waals surface area contributed by atoms with Gasteiger partial charge in [0, 0.05) is 11.3 Å². The average Bonchev–Trinajstić information content (AvgIpc) is 3.11. The fraction of sp³-hybridized carbons (Fsp3) is 0.783. The fourth-order valence-electron chi connectivity index (χ4n) is 5.50. The molecule has 2 rings (SSSR count). The van der Waals surface area contributed by atoms with Crippen molar-refractivity contribution in [2.45, 2.75) is 84.7 Å². The quantitative estimate of drug-likeness (QED) is 0.261. The van der Waals surface area contributed by atoms with Crippen LogP contribution in [0.1, 0.15) is 54.4 Å². The highest BCUT2D eigenvalue weighted by molar-refractivity contribution is 6.73. The zero-order chi connectivity index (χ0) is 20.4. The molecule has 27 heavy (non-hydrogen) atoms. The summed E-state index contributed by atoms with van der Waals surface area (Å²) in [5.41, 5.74) is -0.0156. The Labute approximate surface area is 167 Å². The van der Waals surface area contributed by atoms with Crippen LogP contribution < -0.4 is 0 Å². The molecule has 1 aliphatic heterocycles. The van der Waals surface area contributed by atoms with Gasteiger partial charge in [0.1, 0.15) is 6.10 Å². The summed E-state index contributed by atoms with van der Waals surface area (Å²) in [7, 11) is -1.77. The zero-order valence-corrected chi connectivity index (χ0v) is 19.3. The second-order valence-corrected chi connectivity index (χ2v) is 14.1. The van der Waals surface area contributed by atoms with E-state index in [0.717, 1.165) is 24.6 Å². The molecule has 1 heterocycles. The van der Waals surface area contributed by atoms with Gasteiger partial charge in [-0.2, -0.15) is 0 Å². The molecular formula is C23H40O3Si. The molecule has 1 saturated carbocycles. The highest BCUT2D eigenvalue weighted by Crippen LogP contribution is 2.57. The Balaban J connectivity index is 2.42. The van der Waals surface area contributed by atoms with Crippen molar-refractivity contribution in [1.29, 1.82) is 0 Å². The number of rotatable bonds is 10. The van der Waals surface area contributed by atoms with Crippen LogP contribution in [0.15, 0.2) is 25.3 Å². The van der Waals surface area contributed by atoms with Crippen LogP contribution in [-0.2, 0) is 14.0 Å². The van der Waals surface area contributed by atoms with Crippen molar-refractivity contribution in [3.05, 3.63) is 25.3 Å². The van der Waals surface area contributed by atoms with E-state index in [9.17, 15) is 4.79 Å². The number of allylic oxidation sites excluding steroid dienone is 1. The van der Waals surface area contributed by atoms with Gasteiger partial charge in [-0.3, -0.25) is 4.79 Å². The molecule has 4 heteroatoms. The second-order valence-electron chi connectivity index (χ2n) is 9.34. The summed E-state index contributed by atoms with van der Waals surface area (Å²) in [5.74, 6) is 0.684. The molecule has 3 nitrogen and oxygen atoms in total. The van der Waals surface area contributed by atoms with Gasteiger partial charge in [-0.05, 0) is 42.8 Å². The lowest BCUT2D eigenvalue weighted by atomic mass is 9.77. The molecule has 0 aromatic rings. The minimum absolute atomic E-state index is 0.0102. The standard InChI is InChI=1S/C23H40O3Si/c1-9-14-17-19-18(15-23(7,8)21(19)25-22(17)24)20(16(6)10-2)26-27(11-3,12-4)13-5/h9-10,16-21H,1-2,11-15H2,3-8H3/t16-,17?,18+,19+,20+,21+/m1/s1.